The largest absolute Gasteiger partial charge is 0.455 e. The number of thiazole rings is 1. The molecule has 0 amide bonds. The van der Waals surface area contributed by atoms with Crippen molar-refractivity contribution < 1.29 is 9.53 Å². The Morgan fingerprint density at radius 2 is 1.88 bits per heavy atom. The number of hydrogen-bond acceptors (Lipinski definition) is 5. The molecule has 7 heteroatoms. The van der Waals surface area contributed by atoms with Gasteiger partial charge in [-0.25, -0.2) is 14.5 Å². The lowest BCUT2D eigenvalue weighted by molar-refractivity contribution is 0.0472. The molecule has 0 aliphatic heterocycles. The minimum absolute atomic E-state index is 0.102. The molecule has 0 unspecified atom stereocenters. The van der Waals surface area contributed by atoms with Crippen LogP contribution in [0, 0.1) is 6.92 Å². The fraction of sp³-hybridized carbons (Fsp3) is 0.105. The van der Waals surface area contributed by atoms with Gasteiger partial charge in [0.25, 0.3) is 0 Å². The van der Waals surface area contributed by atoms with E-state index in [-0.39, 0.29) is 17.3 Å². The molecule has 2 heterocycles. The molecule has 0 N–H and O–H groups in total. The van der Waals surface area contributed by atoms with Crippen LogP contribution in [0.3, 0.4) is 0 Å². The van der Waals surface area contributed by atoms with Crippen LogP contribution < -0.4 is 0 Å². The van der Waals surface area contributed by atoms with Gasteiger partial charge in [-0.1, -0.05) is 41.9 Å². The van der Waals surface area contributed by atoms with Crippen LogP contribution in [0.1, 0.15) is 21.1 Å². The number of para-hydroxylation sites is 2. The molecule has 0 fully saturated rings. The molecule has 0 saturated heterocycles. The molecular weight excluding hydrogens is 370 g/mol. The highest BCUT2D eigenvalue weighted by Crippen LogP contribution is 2.26. The van der Waals surface area contributed by atoms with E-state index in [4.69, 9.17) is 16.3 Å². The van der Waals surface area contributed by atoms with Gasteiger partial charge in [-0.05, 0) is 31.2 Å². The molecule has 0 aliphatic rings. The van der Waals surface area contributed by atoms with Crippen molar-refractivity contribution in [1.29, 1.82) is 0 Å². The summed E-state index contributed by atoms with van der Waals surface area (Å²) in [7, 11) is 0. The number of aromatic nitrogens is 3. The Kier molecular flexibility index (Phi) is 4.44. The summed E-state index contributed by atoms with van der Waals surface area (Å²) in [4.78, 5) is 17.0. The van der Waals surface area contributed by atoms with Crippen molar-refractivity contribution in [3.05, 3.63) is 76.0 Å². The van der Waals surface area contributed by atoms with Gasteiger partial charge in [0.1, 0.15) is 22.3 Å². The van der Waals surface area contributed by atoms with E-state index in [1.165, 1.54) is 16.0 Å². The maximum atomic E-state index is 12.5. The molecule has 0 aliphatic carbocycles. The highest BCUT2D eigenvalue weighted by molar-refractivity contribution is 7.18. The summed E-state index contributed by atoms with van der Waals surface area (Å²) >= 11 is 7.89. The first-order valence-corrected chi connectivity index (χ1v) is 9.15. The van der Waals surface area contributed by atoms with E-state index in [9.17, 15) is 4.79 Å². The molecule has 4 aromatic rings. The van der Waals surface area contributed by atoms with Gasteiger partial charge in [0, 0.05) is 0 Å². The van der Waals surface area contributed by atoms with Crippen LogP contribution in [-0.4, -0.2) is 20.7 Å². The average Bonchev–Trinajstić information content (AvgIpc) is 3.20. The number of esters is 1. The van der Waals surface area contributed by atoms with Crippen molar-refractivity contribution >= 4 is 39.1 Å². The van der Waals surface area contributed by atoms with Gasteiger partial charge in [0.15, 0.2) is 0 Å². The first-order chi connectivity index (χ1) is 12.6. The van der Waals surface area contributed by atoms with Gasteiger partial charge < -0.3 is 4.74 Å². The molecule has 0 spiro atoms. The second-order valence-corrected chi connectivity index (χ2v) is 7.12. The average molecular weight is 384 g/mol. The Morgan fingerprint density at radius 3 is 2.65 bits per heavy atom. The van der Waals surface area contributed by atoms with Crippen LogP contribution in [0.5, 0.6) is 0 Å². The molecule has 0 bridgehead atoms. The van der Waals surface area contributed by atoms with E-state index in [0.717, 1.165) is 20.9 Å². The Balaban J connectivity index is 1.55. The molecule has 0 radical (unpaired) electrons. The normalized spacial score (nSPS) is 11.0. The van der Waals surface area contributed by atoms with Crippen LogP contribution in [-0.2, 0) is 11.3 Å². The van der Waals surface area contributed by atoms with Crippen LogP contribution >= 0.6 is 22.9 Å². The summed E-state index contributed by atoms with van der Waals surface area (Å²) in [6, 6.07) is 17.2. The summed E-state index contributed by atoms with van der Waals surface area (Å²) in [6.45, 7) is 1.84. The summed E-state index contributed by atoms with van der Waals surface area (Å²) in [5.41, 5.74) is 2.48. The van der Waals surface area contributed by atoms with Gasteiger partial charge in [0.2, 0.25) is 0 Å². The van der Waals surface area contributed by atoms with Crippen LogP contribution in [0.2, 0.25) is 5.15 Å². The maximum absolute atomic E-state index is 12.5. The van der Waals surface area contributed by atoms with E-state index in [1.807, 2.05) is 54.6 Å². The number of nitrogens with zero attached hydrogens (tertiary/aromatic N) is 3. The van der Waals surface area contributed by atoms with Gasteiger partial charge in [-0.2, -0.15) is 5.10 Å². The number of fused-ring (bicyclic) bond motifs is 1. The molecule has 4 rings (SSSR count). The molecule has 2 aromatic heterocycles. The third-order valence-corrected chi connectivity index (χ3v) is 5.23. The fourth-order valence-corrected chi connectivity index (χ4v) is 3.88. The van der Waals surface area contributed by atoms with E-state index in [0.29, 0.717) is 5.69 Å². The predicted molar refractivity (Wildman–Crippen MR) is 102 cm³/mol. The van der Waals surface area contributed by atoms with Gasteiger partial charge >= 0.3 is 5.97 Å². The zero-order chi connectivity index (χ0) is 18.1. The highest BCUT2D eigenvalue weighted by Gasteiger charge is 2.22. The molecule has 0 atom stereocenters. The van der Waals surface area contributed by atoms with Crippen LogP contribution in [0.15, 0.2) is 54.6 Å². The minimum Gasteiger partial charge on any atom is -0.455 e. The number of halogens is 1. The zero-order valence-electron chi connectivity index (χ0n) is 13.8. The monoisotopic (exact) mass is 383 g/mol. The minimum atomic E-state index is -0.506. The second-order valence-electron chi connectivity index (χ2n) is 5.65. The number of benzene rings is 2. The number of rotatable bonds is 4. The number of carbonyl (C=O) groups is 1. The van der Waals surface area contributed by atoms with E-state index in [1.54, 1.807) is 6.92 Å². The summed E-state index contributed by atoms with van der Waals surface area (Å²) < 4.78 is 8.02. The smallest absolute Gasteiger partial charge is 0.343 e. The quantitative estimate of drug-likeness (QED) is 0.475. The number of hydrogen-bond donors (Lipinski definition) is 0. The van der Waals surface area contributed by atoms with Gasteiger partial charge in [0.05, 0.1) is 21.6 Å². The van der Waals surface area contributed by atoms with Crippen LogP contribution in [0.25, 0.3) is 15.9 Å². The fourth-order valence-electron chi connectivity index (χ4n) is 2.65. The van der Waals surface area contributed by atoms with Crippen molar-refractivity contribution in [3.63, 3.8) is 0 Å². The van der Waals surface area contributed by atoms with Gasteiger partial charge in [-0.15, -0.1) is 11.3 Å². The number of ether oxygens (including phenoxy) is 1. The van der Waals surface area contributed by atoms with Crippen molar-refractivity contribution in [2.75, 3.05) is 0 Å². The predicted octanol–water partition coefficient (Wildman–Crippen LogP) is 4.80. The standard InChI is InChI=1S/C19H14ClN3O2S/c1-12-17(18(20)23(22-12)13-7-3-2-4-8-13)19(24)25-11-16-21-14-9-5-6-10-15(14)26-16/h2-10H,11H2,1H3. The first-order valence-electron chi connectivity index (χ1n) is 7.95. The Labute approximate surface area is 158 Å². The van der Waals surface area contributed by atoms with Crippen molar-refractivity contribution in [1.82, 2.24) is 14.8 Å². The highest BCUT2D eigenvalue weighted by atomic mass is 35.5. The third-order valence-electron chi connectivity index (χ3n) is 3.87. The van der Waals surface area contributed by atoms with Gasteiger partial charge in [-0.3, -0.25) is 0 Å². The van der Waals surface area contributed by atoms with Crippen molar-refractivity contribution in [3.8, 4) is 5.69 Å². The molecule has 2 aromatic carbocycles. The van der Waals surface area contributed by atoms with Crippen molar-refractivity contribution in [2.45, 2.75) is 13.5 Å². The second kappa shape index (κ2) is 6.90. The molecule has 130 valence electrons. The number of carbonyl (C=O) groups excluding carboxylic acids is 1. The SMILES string of the molecule is Cc1nn(-c2ccccc2)c(Cl)c1C(=O)OCc1nc2ccccc2s1. The molecular formula is C19H14ClN3O2S. The van der Waals surface area contributed by atoms with E-state index >= 15 is 0 Å². The summed E-state index contributed by atoms with van der Waals surface area (Å²) in [5.74, 6) is -0.506. The Morgan fingerprint density at radius 1 is 1.15 bits per heavy atom. The number of aryl methyl sites for hydroxylation is 1. The lowest BCUT2D eigenvalue weighted by atomic mass is 10.2. The summed E-state index contributed by atoms with van der Waals surface area (Å²) in [5, 5.41) is 5.34. The Hall–Kier alpha value is -2.70. The van der Waals surface area contributed by atoms with Crippen molar-refractivity contribution in [2.24, 2.45) is 0 Å². The molecule has 0 saturated carbocycles. The topological polar surface area (TPSA) is 57.0 Å². The Bertz CT molecular complexity index is 1060. The molecule has 5 nitrogen and oxygen atoms in total. The van der Waals surface area contributed by atoms with E-state index in [2.05, 4.69) is 10.1 Å². The van der Waals surface area contributed by atoms with Crippen LogP contribution in [0.4, 0.5) is 0 Å². The molecule has 26 heavy (non-hydrogen) atoms. The lowest BCUT2D eigenvalue weighted by Crippen LogP contribution is -2.06. The van der Waals surface area contributed by atoms with E-state index < -0.39 is 5.97 Å². The summed E-state index contributed by atoms with van der Waals surface area (Å²) in [6.07, 6.45) is 0. The third kappa shape index (κ3) is 3.09. The maximum Gasteiger partial charge on any atom is 0.343 e. The first kappa shape index (κ1) is 16.8. The lowest BCUT2D eigenvalue weighted by Gasteiger charge is -2.04. The zero-order valence-corrected chi connectivity index (χ0v) is 15.4.